The maximum atomic E-state index is 12.0. The van der Waals surface area contributed by atoms with E-state index < -0.39 is 12.1 Å². The van der Waals surface area contributed by atoms with E-state index in [9.17, 15) is 9.59 Å². The maximum Gasteiger partial charge on any atom is 0.405 e. The van der Waals surface area contributed by atoms with Crippen LogP contribution in [-0.2, 0) is 4.79 Å². The van der Waals surface area contributed by atoms with E-state index in [4.69, 9.17) is 5.11 Å². The van der Waals surface area contributed by atoms with Gasteiger partial charge in [-0.25, -0.2) is 4.79 Å². The number of likely N-dealkylation sites (N-methyl/N-ethyl adjacent to an activating group) is 1. The van der Waals surface area contributed by atoms with Gasteiger partial charge in [-0.1, -0.05) is 20.8 Å². The largest absolute Gasteiger partial charge is 0.465 e. The molecule has 0 heterocycles. The summed E-state index contributed by atoms with van der Waals surface area (Å²) in [6.07, 6.45) is -0.281. The second kappa shape index (κ2) is 7.09. The molecule has 0 aliphatic heterocycles. The van der Waals surface area contributed by atoms with Crippen LogP contribution in [0.3, 0.4) is 0 Å². The van der Waals surface area contributed by atoms with Crippen LogP contribution in [0.1, 0.15) is 34.1 Å². The monoisotopic (exact) mass is 230 g/mol. The molecule has 0 saturated heterocycles. The predicted octanol–water partition coefficient (Wildman–Crippen LogP) is 1.54. The average molecular weight is 230 g/mol. The Bertz CT molecular complexity index is 241. The highest BCUT2D eigenvalue weighted by atomic mass is 16.4. The van der Waals surface area contributed by atoms with E-state index in [1.807, 2.05) is 27.7 Å². The Morgan fingerprint density at radius 1 is 1.31 bits per heavy atom. The molecule has 2 N–H and O–H groups in total. The minimum absolute atomic E-state index is 0.0468. The molecule has 0 aromatic rings. The molecule has 5 heteroatoms. The molecule has 0 fully saturated rings. The molecule has 0 radical (unpaired) electrons. The van der Waals surface area contributed by atoms with E-state index in [1.165, 1.54) is 0 Å². The SMILES string of the molecule is CCCN(CC)C(=O)C(NC(=O)O)C(C)C. The number of carboxylic acid groups (broad SMARTS) is 1. The molecule has 0 aromatic carbocycles. The summed E-state index contributed by atoms with van der Waals surface area (Å²) in [5, 5.41) is 11.0. The Hall–Kier alpha value is -1.26. The Morgan fingerprint density at radius 2 is 1.88 bits per heavy atom. The van der Waals surface area contributed by atoms with Crippen LogP contribution in [0.2, 0.25) is 0 Å². The number of carbonyl (C=O) groups excluding carboxylic acids is 1. The predicted molar refractivity (Wildman–Crippen MR) is 62.3 cm³/mol. The first-order valence-corrected chi connectivity index (χ1v) is 5.72. The van der Waals surface area contributed by atoms with Crippen LogP contribution in [0.5, 0.6) is 0 Å². The highest BCUT2D eigenvalue weighted by molar-refractivity contribution is 5.85. The first-order chi connectivity index (χ1) is 7.43. The van der Waals surface area contributed by atoms with E-state index in [2.05, 4.69) is 5.32 Å². The summed E-state index contributed by atoms with van der Waals surface area (Å²) >= 11 is 0. The summed E-state index contributed by atoms with van der Waals surface area (Å²) in [5.41, 5.74) is 0. The van der Waals surface area contributed by atoms with E-state index in [1.54, 1.807) is 4.90 Å². The molecule has 1 unspecified atom stereocenters. The smallest absolute Gasteiger partial charge is 0.405 e. The maximum absolute atomic E-state index is 12.0. The van der Waals surface area contributed by atoms with Gasteiger partial charge in [-0.3, -0.25) is 4.79 Å². The van der Waals surface area contributed by atoms with E-state index >= 15 is 0 Å². The van der Waals surface area contributed by atoms with Crippen LogP contribution in [0.4, 0.5) is 4.79 Å². The minimum Gasteiger partial charge on any atom is -0.465 e. The number of nitrogens with zero attached hydrogens (tertiary/aromatic N) is 1. The van der Waals surface area contributed by atoms with Crippen molar-refractivity contribution in [3.63, 3.8) is 0 Å². The van der Waals surface area contributed by atoms with Crippen LogP contribution in [0, 0.1) is 5.92 Å². The molecule has 0 aliphatic carbocycles. The van der Waals surface area contributed by atoms with Crippen molar-refractivity contribution in [2.45, 2.75) is 40.2 Å². The lowest BCUT2D eigenvalue weighted by Gasteiger charge is -2.27. The van der Waals surface area contributed by atoms with Gasteiger partial charge in [0.1, 0.15) is 6.04 Å². The topological polar surface area (TPSA) is 69.6 Å². The third-order valence-corrected chi connectivity index (χ3v) is 2.40. The summed E-state index contributed by atoms with van der Waals surface area (Å²) < 4.78 is 0. The Kier molecular flexibility index (Phi) is 6.53. The number of nitrogens with one attached hydrogen (secondary N) is 1. The van der Waals surface area contributed by atoms with Crippen LogP contribution in [0.25, 0.3) is 0 Å². The van der Waals surface area contributed by atoms with Crippen molar-refractivity contribution in [1.82, 2.24) is 10.2 Å². The second-order valence-electron chi connectivity index (χ2n) is 4.09. The summed E-state index contributed by atoms with van der Waals surface area (Å²) in [5.74, 6) is -0.184. The normalized spacial score (nSPS) is 12.3. The molecule has 5 nitrogen and oxygen atoms in total. The van der Waals surface area contributed by atoms with Gasteiger partial charge in [-0.15, -0.1) is 0 Å². The molecular formula is C11H22N2O3. The minimum atomic E-state index is -1.15. The van der Waals surface area contributed by atoms with Gasteiger partial charge in [0.15, 0.2) is 0 Å². The summed E-state index contributed by atoms with van der Waals surface area (Å²) in [4.78, 5) is 24.3. The van der Waals surface area contributed by atoms with Crippen LogP contribution in [0.15, 0.2) is 0 Å². The van der Waals surface area contributed by atoms with Gasteiger partial charge in [0.25, 0.3) is 0 Å². The van der Waals surface area contributed by atoms with E-state index in [-0.39, 0.29) is 11.8 Å². The quantitative estimate of drug-likeness (QED) is 0.727. The lowest BCUT2D eigenvalue weighted by Crippen LogP contribution is -2.51. The highest BCUT2D eigenvalue weighted by Crippen LogP contribution is 2.07. The fourth-order valence-corrected chi connectivity index (χ4v) is 1.54. The zero-order valence-corrected chi connectivity index (χ0v) is 10.5. The molecule has 16 heavy (non-hydrogen) atoms. The molecule has 2 amide bonds. The van der Waals surface area contributed by atoms with Crippen LogP contribution in [-0.4, -0.2) is 41.1 Å². The molecule has 94 valence electrons. The van der Waals surface area contributed by atoms with E-state index in [0.29, 0.717) is 13.1 Å². The Labute approximate surface area is 96.8 Å². The third kappa shape index (κ3) is 4.51. The van der Waals surface area contributed by atoms with Gasteiger partial charge < -0.3 is 15.3 Å². The summed E-state index contributed by atoms with van der Waals surface area (Å²) in [6, 6.07) is -0.649. The van der Waals surface area contributed by atoms with Crippen molar-refractivity contribution in [3.8, 4) is 0 Å². The Morgan fingerprint density at radius 3 is 2.19 bits per heavy atom. The lowest BCUT2D eigenvalue weighted by molar-refractivity contribution is -0.134. The molecule has 0 spiro atoms. The molecule has 0 rings (SSSR count). The average Bonchev–Trinajstić information content (AvgIpc) is 2.21. The number of rotatable bonds is 6. The summed E-state index contributed by atoms with van der Waals surface area (Å²) in [6.45, 7) is 8.82. The van der Waals surface area contributed by atoms with Crippen LogP contribution >= 0.6 is 0 Å². The Balaban J connectivity index is 4.63. The first kappa shape index (κ1) is 14.7. The first-order valence-electron chi connectivity index (χ1n) is 5.72. The zero-order chi connectivity index (χ0) is 12.7. The number of amides is 2. The van der Waals surface area contributed by atoms with Crippen molar-refractivity contribution in [2.75, 3.05) is 13.1 Å². The van der Waals surface area contributed by atoms with Gasteiger partial charge >= 0.3 is 6.09 Å². The van der Waals surface area contributed by atoms with Crippen molar-refractivity contribution in [2.24, 2.45) is 5.92 Å². The number of carbonyl (C=O) groups is 2. The molecular weight excluding hydrogens is 208 g/mol. The van der Waals surface area contributed by atoms with Crippen LogP contribution < -0.4 is 5.32 Å². The van der Waals surface area contributed by atoms with E-state index in [0.717, 1.165) is 6.42 Å². The highest BCUT2D eigenvalue weighted by Gasteiger charge is 2.27. The second-order valence-corrected chi connectivity index (χ2v) is 4.09. The van der Waals surface area contributed by atoms with Crippen molar-refractivity contribution in [3.05, 3.63) is 0 Å². The number of hydrogen-bond acceptors (Lipinski definition) is 2. The van der Waals surface area contributed by atoms with Crippen molar-refractivity contribution < 1.29 is 14.7 Å². The zero-order valence-electron chi connectivity index (χ0n) is 10.5. The third-order valence-electron chi connectivity index (χ3n) is 2.40. The van der Waals surface area contributed by atoms with Gasteiger partial charge in [-0.2, -0.15) is 0 Å². The summed E-state index contributed by atoms with van der Waals surface area (Å²) in [7, 11) is 0. The fourth-order valence-electron chi connectivity index (χ4n) is 1.54. The van der Waals surface area contributed by atoms with Gasteiger partial charge in [0.2, 0.25) is 5.91 Å². The number of hydrogen-bond donors (Lipinski definition) is 2. The standard InChI is InChI=1S/C11H22N2O3/c1-5-7-13(6-2)10(14)9(8(3)4)12-11(15)16/h8-9,12H,5-7H2,1-4H3,(H,15,16). The molecule has 0 saturated carbocycles. The van der Waals surface area contributed by atoms with Gasteiger partial charge in [0, 0.05) is 13.1 Å². The van der Waals surface area contributed by atoms with Crippen molar-refractivity contribution >= 4 is 12.0 Å². The van der Waals surface area contributed by atoms with Crippen molar-refractivity contribution in [1.29, 1.82) is 0 Å². The lowest BCUT2D eigenvalue weighted by atomic mass is 10.0. The molecule has 1 atom stereocenters. The molecule has 0 aliphatic rings. The van der Waals surface area contributed by atoms with Gasteiger partial charge in [0.05, 0.1) is 0 Å². The van der Waals surface area contributed by atoms with Gasteiger partial charge in [-0.05, 0) is 19.3 Å². The molecule has 0 bridgehead atoms. The molecule has 0 aromatic heterocycles. The fraction of sp³-hybridized carbons (Fsp3) is 0.818.